The first-order valence-corrected chi connectivity index (χ1v) is 6.00. The maximum Gasteiger partial charge on any atom is -0.00161 e. The fraction of sp³-hybridized carbons (Fsp3) is 1.00. The van der Waals surface area contributed by atoms with Crippen LogP contribution >= 0.6 is 0 Å². The third-order valence-electron chi connectivity index (χ3n) is 3.63. The topological polar surface area (TPSA) is 3.24 Å². The smallest absolute Gasteiger partial charge is 0.00161 e. The molecule has 1 fully saturated rings. The van der Waals surface area contributed by atoms with Crippen molar-refractivity contribution < 1.29 is 0 Å². The summed E-state index contributed by atoms with van der Waals surface area (Å²) in [5.74, 6) is 1.98. The minimum atomic E-state index is 0.962. The van der Waals surface area contributed by atoms with Crippen molar-refractivity contribution in [3.8, 4) is 0 Å². The fourth-order valence-electron chi connectivity index (χ4n) is 2.53. The number of hydrogen-bond donors (Lipinski definition) is 0. The van der Waals surface area contributed by atoms with E-state index in [1.807, 2.05) is 0 Å². The molecule has 0 aromatic carbocycles. The van der Waals surface area contributed by atoms with Gasteiger partial charge < -0.3 is 4.90 Å². The van der Waals surface area contributed by atoms with E-state index in [0.29, 0.717) is 0 Å². The Hall–Kier alpha value is -0.0400. The van der Waals surface area contributed by atoms with Crippen LogP contribution in [0.25, 0.3) is 0 Å². The molecular formula is C12H25N. The van der Waals surface area contributed by atoms with Gasteiger partial charge in [-0.2, -0.15) is 0 Å². The Morgan fingerprint density at radius 3 is 2.31 bits per heavy atom. The van der Waals surface area contributed by atoms with Crippen LogP contribution in [-0.2, 0) is 0 Å². The van der Waals surface area contributed by atoms with Gasteiger partial charge in [-0.25, -0.2) is 0 Å². The highest BCUT2D eigenvalue weighted by atomic mass is 15.1. The van der Waals surface area contributed by atoms with E-state index < -0.39 is 0 Å². The molecule has 1 aliphatic rings. The van der Waals surface area contributed by atoms with Crippen molar-refractivity contribution in [2.45, 2.75) is 46.5 Å². The Balaban J connectivity index is 2.23. The Morgan fingerprint density at radius 2 is 1.85 bits per heavy atom. The molecule has 1 atom stereocenters. The molecule has 0 saturated carbocycles. The molecule has 1 aliphatic heterocycles. The van der Waals surface area contributed by atoms with E-state index in [1.165, 1.54) is 45.3 Å². The Kier molecular flexibility index (Phi) is 4.79. The molecule has 0 N–H and O–H groups in total. The van der Waals surface area contributed by atoms with Crippen LogP contribution in [0.5, 0.6) is 0 Å². The van der Waals surface area contributed by atoms with E-state index in [4.69, 9.17) is 0 Å². The minimum Gasteiger partial charge on any atom is -0.304 e. The van der Waals surface area contributed by atoms with Gasteiger partial charge in [0.05, 0.1) is 0 Å². The Labute approximate surface area is 83.5 Å². The first kappa shape index (κ1) is 11.0. The zero-order valence-electron chi connectivity index (χ0n) is 9.55. The average molecular weight is 183 g/mol. The summed E-state index contributed by atoms with van der Waals surface area (Å²) in [4.78, 5) is 2.58. The van der Waals surface area contributed by atoms with E-state index in [-0.39, 0.29) is 0 Å². The molecule has 0 amide bonds. The van der Waals surface area contributed by atoms with Gasteiger partial charge in [-0.15, -0.1) is 0 Å². The largest absolute Gasteiger partial charge is 0.304 e. The molecule has 1 nitrogen and oxygen atoms in total. The maximum absolute atomic E-state index is 2.58. The van der Waals surface area contributed by atoms with Gasteiger partial charge in [-0.1, -0.05) is 33.6 Å². The third-order valence-corrected chi connectivity index (χ3v) is 3.63. The molecule has 1 rings (SSSR count). The predicted octanol–water partition coefficient (Wildman–Crippen LogP) is 3.15. The van der Waals surface area contributed by atoms with Crippen molar-refractivity contribution in [2.75, 3.05) is 19.6 Å². The lowest BCUT2D eigenvalue weighted by atomic mass is 9.83. The van der Waals surface area contributed by atoms with Crippen molar-refractivity contribution in [1.29, 1.82) is 0 Å². The van der Waals surface area contributed by atoms with Gasteiger partial charge in [0.25, 0.3) is 0 Å². The number of hydrogen-bond acceptors (Lipinski definition) is 1. The second-order valence-corrected chi connectivity index (χ2v) is 4.54. The third kappa shape index (κ3) is 3.30. The standard InChI is InChI=1S/C12H25N/c1-4-6-11(3)12-7-9-13(5-2)10-8-12/h11-12H,4-10H2,1-3H3. The molecule has 0 bridgehead atoms. The van der Waals surface area contributed by atoms with Gasteiger partial charge in [0.15, 0.2) is 0 Å². The lowest BCUT2D eigenvalue weighted by Crippen LogP contribution is -2.35. The van der Waals surface area contributed by atoms with Crippen LogP contribution in [-0.4, -0.2) is 24.5 Å². The summed E-state index contributed by atoms with van der Waals surface area (Å²) in [5.41, 5.74) is 0. The quantitative estimate of drug-likeness (QED) is 0.647. The zero-order chi connectivity index (χ0) is 9.68. The molecule has 0 aliphatic carbocycles. The van der Waals surface area contributed by atoms with Crippen LogP contribution in [0.3, 0.4) is 0 Å². The summed E-state index contributed by atoms with van der Waals surface area (Å²) in [6.07, 6.45) is 5.66. The van der Waals surface area contributed by atoms with Crippen molar-refractivity contribution >= 4 is 0 Å². The van der Waals surface area contributed by atoms with Crippen LogP contribution in [0.15, 0.2) is 0 Å². The highest BCUT2D eigenvalue weighted by molar-refractivity contribution is 4.75. The molecule has 13 heavy (non-hydrogen) atoms. The molecule has 1 heterocycles. The molecule has 1 saturated heterocycles. The summed E-state index contributed by atoms with van der Waals surface area (Å²) in [7, 11) is 0. The maximum atomic E-state index is 2.58. The fourth-order valence-corrected chi connectivity index (χ4v) is 2.53. The average Bonchev–Trinajstić information content (AvgIpc) is 2.18. The highest BCUT2D eigenvalue weighted by Gasteiger charge is 2.22. The van der Waals surface area contributed by atoms with Gasteiger partial charge in [0.1, 0.15) is 0 Å². The summed E-state index contributed by atoms with van der Waals surface area (Å²) in [6, 6.07) is 0. The SMILES string of the molecule is CCCC(C)C1CCN(CC)CC1. The van der Waals surface area contributed by atoms with E-state index >= 15 is 0 Å². The summed E-state index contributed by atoms with van der Waals surface area (Å²) >= 11 is 0. The molecular weight excluding hydrogens is 158 g/mol. The van der Waals surface area contributed by atoms with E-state index in [9.17, 15) is 0 Å². The van der Waals surface area contributed by atoms with E-state index in [2.05, 4.69) is 25.7 Å². The number of piperidine rings is 1. The van der Waals surface area contributed by atoms with Crippen LogP contribution in [0, 0.1) is 11.8 Å². The molecule has 1 heteroatoms. The Bertz CT molecular complexity index is 125. The molecule has 1 unspecified atom stereocenters. The first-order valence-electron chi connectivity index (χ1n) is 6.00. The van der Waals surface area contributed by atoms with Crippen molar-refractivity contribution in [3.05, 3.63) is 0 Å². The molecule has 0 spiro atoms. The van der Waals surface area contributed by atoms with Gasteiger partial charge in [-0.3, -0.25) is 0 Å². The highest BCUT2D eigenvalue weighted by Crippen LogP contribution is 2.27. The van der Waals surface area contributed by atoms with Crippen molar-refractivity contribution in [2.24, 2.45) is 11.8 Å². The van der Waals surface area contributed by atoms with Crippen LogP contribution in [0.2, 0.25) is 0 Å². The molecule has 0 aromatic heterocycles. The van der Waals surface area contributed by atoms with Gasteiger partial charge >= 0.3 is 0 Å². The van der Waals surface area contributed by atoms with Gasteiger partial charge in [0, 0.05) is 0 Å². The zero-order valence-corrected chi connectivity index (χ0v) is 9.55. The van der Waals surface area contributed by atoms with Gasteiger partial charge in [-0.05, 0) is 44.3 Å². The number of nitrogens with zero attached hydrogens (tertiary/aromatic N) is 1. The number of likely N-dealkylation sites (tertiary alicyclic amines) is 1. The summed E-state index contributed by atoms with van der Waals surface area (Å²) in [6.45, 7) is 10.9. The molecule has 0 radical (unpaired) electrons. The van der Waals surface area contributed by atoms with Crippen LogP contribution in [0.1, 0.15) is 46.5 Å². The summed E-state index contributed by atoms with van der Waals surface area (Å²) in [5, 5.41) is 0. The van der Waals surface area contributed by atoms with E-state index in [1.54, 1.807) is 0 Å². The number of rotatable bonds is 4. The lowest BCUT2D eigenvalue weighted by molar-refractivity contribution is 0.154. The molecule has 78 valence electrons. The molecule has 0 aromatic rings. The van der Waals surface area contributed by atoms with Crippen LogP contribution < -0.4 is 0 Å². The van der Waals surface area contributed by atoms with Crippen molar-refractivity contribution in [3.63, 3.8) is 0 Å². The van der Waals surface area contributed by atoms with Crippen molar-refractivity contribution in [1.82, 2.24) is 4.90 Å². The second kappa shape index (κ2) is 5.64. The normalized spacial score (nSPS) is 23.3. The lowest BCUT2D eigenvalue weighted by Gasteiger charge is -2.34. The summed E-state index contributed by atoms with van der Waals surface area (Å²) < 4.78 is 0. The van der Waals surface area contributed by atoms with E-state index in [0.717, 1.165) is 11.8 Å². The first-order chi connectivity index (χ1) is 6.27. The monoisotopic (exact) mass is 183 g/mol. The van der Waals surface area contributed by atoms with Gasteiger partial charge in [0.2, 0.25) is 0 Å². The predicted molar refractivity (Wildman–Crippen MR) is 58.9 cm³/mol. The minimum absolute atomic E-state index is 0.962. The Morgan fingerprint density at radius 1 is 1.23 bits per heavy atom. The second-order valence-electron chi connectivity index (χ2n) is 4.54. The van der Waals surface area contributed by atoms with Crippen LogP contribution in [0.4, 0.5) is 0 Å².